The lowest BCUT2D eigenvalue weighted by Crippen LogP contribution is -2.55. The number of hydrogen-bond donors (Lipinski definition) is 1. The van der Waals surface area contributed by atoms with Crippen molar-refractivity contribution >= 4 is 0 Å². The maximum Gasteiger partial charge on any atom is 0.106 e. The van der Waals surface area contributed by atoms with E-state index in [0.717, 1.165) is 32.1 Å². The Morgan fingerprint density at radius 1 is 1.26 bits per heavy atom. The molecule has 3 rings (SSSR count). The fraction of sp³-hybridized carbons (Fsp3) is 1.00. The second-order valence-corrected chi connectivity index (χ2v) is 7.92. The zero-order chi connectivity index (χ0) is 13.7. The van der Waals surface area contributed by atoms with Crippen molar-refractivity contribution in [2.45, 2.75) is 58.1 Å². The summed E-state index contributed by atoms with van der Waals surface area (Å²) in [5.41, 5.74) is 0.818. The molecule has 19 heavy (non-hydrogen) atoms. The van der Waals surface area contributed by atoms with Crippen LogP contribution in [-0.2, 0) is 9.47 Å². The van der Waals surface area contributed by atoms with Crippen molar-refractivity contribution in [1.29, 1.82) is 0 Å². The maximum atomic E-state index is 5.75. The van der Waals surface area contributed by atoms with Crippen molar-refractivity contribution in [1.82, 2.24) is 5.32 Å². The summed E-state index contributed by atoms with van der Waals surface area (Å²) >= 11 is 0. The van der Waals surface area contributed by atoms with E-state index in [4.69, 9.17) is 9.47 Å². The second-order valence-electron chi connectivity index (χ2n) is 7.92. The zero-order valence-electron chi connectivity index (χ0n) is 12.9. The van der Waals surface area contributed by atoms with Crippen LogP contribution in [0.4, 0.5) is 0 Å². The highest BCUT2D eigenvalue weighted by molar-refractivity contribution is 5.12. The van der Waals surface area contributed by atoms with Crippen molar-refractivity contribution in [3.05, 3.63) is 0 Å². The largest absolute Gasteiger partial charge is 0.378 e. The van der Waals surface area contributed by atoms with Crippen LogP contribution in [0.1, 0.15) is 46.5 Å². The summed E-state index contributed by atoms with van der Waals surface area (Å²) in [4.78, 5) is 0. The first-order chi connectivity index (χ1) is 8.92. The van der Waals surface area contributed by atoms with Crippen LogP contribution in [0.2, 0.25) is 0 Å². The maximum absolute atomic E-state index is 5.75. The van der Waals surface area contributed by atoms with E-state index in [1.54, 1.807) is 0 Å². The van der Waals surface area contributed by atoms with Gasteiger partial charge in [0.1, 0.15) is 5.60 Å². The molecule has 0 aromatic rings. The Labute approximate surface area is 117 Å². The Bertz CT molecular complexity index is 344. The third kappa shape index (κ3) is 2.05. The fourth-order valence-electron chi connectivity index (χ4n) is 5.06. The van der Waals surface area contributed by atoms with Crippen LogP contribution in [-0.4, -0.2) is 38.5 Å². The van der Waals surface area contributed by atoms with Crippen molar-refractivity contribution in [3.8, 4) is 0 Å². The van der Waals surface area contributed by atoms with Gasteiger partial charge in [-0.1, -0.05) is 20.8 Å². The standard InChI is InChI=1S/C16H29NO2/c1-14(2)12-5-6-15(3,9-12)13(14)17-10-16(18-4)7-8-19-11-16/h12-13,17H,5-11H2,1-4H3. The molecule has 0 radical (unpaired) electrons. The summed E-state index contributed by atoms with van der Waals surface area (Å²) < 4.78 is 11.3. The number of nitrogens with one attached hydrogen (secondary N) is 1. The molecule has 4 unspecified atom stereocenters. The Balaban J connectivity index is 1.69. The molecule has 110 valence electrons. The van der Waals surface area contributed by atoms with Crippen LogP contribution in [0.25, 0.3) is 0 Å². The molecule has 1 aliphatic heterocycles. The van der Waals surface area contributed by atoms with Crippen LogP contribution in [0.5, 0.6) is 0 Å². The smallest absolute Gasteiger partial charge is 0.106 e. The summed E-state index contributed by atoms with van der Waals surface area (Å²) in [6.45, 7) is 9.88. The predicted molar refractivity (Wildman–Crippen MR) is 76.2 cm³/mol. The number of ether oxygens (including phenoxy) is 2. The molecule has 1 N–H and O–H groups in total. The minimum absolute atomic E-state index is 0.0890. The predicted octanol–water partition coefficient (Wildman–Crippen LogP) is 2.60. The van der Waals surface area contributed by atoms with Crippen LogP contribution in [0.15, 0.2) is 0 Å². The molecule has 2 saturated carbocycles. The average molecular weight is 267 g/mol. The highest BCUT2D eigenvalue weighted by Gasteiger charge is 2.59. The monoisotopic (exact) mass is 267 g/mol. The molecule has 0 aromatic heterocycles. The number of fused-ring (bicyclic) bond motifs is 2. The fourth-order valence-corrected chi connectivity index (χ4v) is 5.06. The van der Waals surface area contributed by atoms with Crippen LogP contribution >= 0.6 is 0 Å². The van der Waals surface area contributed by atoms with Crippen LogP contribution in [0, 0.1) is 16.7 Å². The van der Waals surface area contributed by atoms with Gasteiger partial charge in [0.25, 0.3) is 0 Å². The van der Waals surface area contributed by atoms with Crippen molar-refractivity contribution in [3.63, 3.8) is 0 Å². The first-order valence-corrected chi connectivity index (χ1v) is 7.78. The summed E-state index contributed by atoms with van der Waals surface area (Å²) in [6.07, 6.45) is 5.22. The van der Waals surface area contributed by atoms with Gasteiger partial charge in [-0.25, -0.2) is 0 Å². The lowest BCUT2D eigenvalue weighted by molar-refractivity contribution is -0.0257. The van der Waals surface area contributed by atoms with Gasteiger partial charge >= 0.3 is 0 Å². The normalized spacial score (nSPS) is 48.0. The van der Waals surface area contributed by atoms with Gasteiger partial charge < -0.3 is 14.8 Å². The van der Waals surface area contributed by atoms with E-state index in [-0.39, 0.29) is 5.60 Å². The highest BCUT2D eigenvalue weighted by atomic mass is 16.5. The van der Waals surface area contributed by atoms with Gasteiger partial charge in [0, 0.05) is 32.7 Å². The molecule has 0 amide bonds. The molecule has 2 bridgehead atoms. The van der Waals surface area contributed by atoms with Crippen LogP contribution < -0.4 is 5.32 Å². The second kappa shape index (κ2) is 4.44. The first kappa shape index (κ1) is 13.8. The topological polar surface area (TPSA) is 30.5 Å². The Hall–Kier alpha value is -0.120. The van der Waals surface area contributed by atoms with Gasteiger partial charge in [-0.3, -0.25) is 0 Å². The molecule has 0 aromatic carbocycles. The molecule has 3 nitrogen and oxygen atoms in total. The Morgan fingerprint density at radius 2 is 2.05 bits per heavy atom. The van der Waals surface area contributed by atoms with E-state index < -0.39 is 0 Å². The molecule has 3 fully saturated rings. The van der Waals surface area contributed by atoms with Crippen molar-refractivity contribution in [2.75, 3.05) is 26.9 Å². The lowest BCUT2D eigenvalue weighted by Gasteiger charge is -2.44. The van der Waals surface area contributed by atoms with E-state index in [9.17, 15) is 0 Å². The first-order valence-electron chi connectivity index (χ1n) is 7.78. The van der Waals surface area contributed by atoms with Gasteiger partial charge in [-0.2, -0.15) is 0 Å². The molecule has 1 heterocycles. The van der Waals surface area contributed by atoms with Crippen molar-refractivity contribution < 1.29 is 9.47 Å². The van der Waals surface area contributed by atoms with Gasteiger partial charge in [0.2, 0.25) is 0 Å². The Kier molecular flexibility index (Phi) is 3.23. The van der Waals surface area contributed by atoms with Gasteiger partial charge in [-0.15, -0.1) is 0 Å². The van der Waals surface area contributed by atoms with E-state index in [1.807, 2.05) is 7.11 Å². The molecule has 0 spiro atoms. The van der Waals surface area contributed by atoms with Crippen molar-refractivity contribution in [2.24, 2.45) is 16.7 Å². The van der Waals surface area contributed by atoms with E-state index in [1.165, 1.54) is 19.3 Å². The molecular weight excluding hydrogens is 238 g/mol. The lowest BCUT2D eigenvalue weighted by atomic mass is 9.68. The molecule has 3 aliphatic rings. The summed E-state index contributed by atoms with van der Waals surface area (Å²) in [6, 6.07) is 0.617. The zero-order valence-corrected chi connectivity index (χ0v) is 12.9. The quantitative estimate of drug-likeness (QED) is 0.849. The van der Waals surface area contributed by atoms with Crippen LogP contribution in [0.3, 0.4) is 0 Å². The van der Waals surface area contributed by atoms with E-state index in [2.05, 4.69) is 26.1 Å². The van der Waals surface area contributed by atoms with E-state index in [0.29, 0.717) is 16.9 Å². The minimum atomic E-state index is -0.0890. The van der Waals surface area contributed by atoms with E-state index >= 15 is 0 Å². The number of methoxy groups -OCH3 is 1. The minimum Gasteiger partial charge on any atom is -0.378 e. The summed E-state index contributed by atoms with van der Waals surface area (Å²) in [5, 5.41) is 3.87. The van der Waals surface area contributed by atoms with Gasteiger partial charge in [0.05, 0.1) is 6.61 Å². The SMILES string of the molecule is COC1(CNC2C3(C)CCC(C3)C2(C)C)CCOC1. The number of hydrogen-bond acceptors (Lipinski definition) is 3. The van der Waals surface area contributed by atoms with Gasteiger partial charge in [0.15, 0.2) is 0 Å². The third-order valence-electron chi connectivity index (χ3n) is 6.40. The Morgan fingerprint density at radius 3 is 2.58 bits per heavy atom. The third-order valence-corrected chi connectivity index (χ3v) is 6.40. The molecule has 4 atom stereocenters. The molecular formula is C16H29NO2. The summed E-state index contributed by atoms with van der Waals surface area (Å²) in [5.74, 6) is 0.897. The molecule has 1 saturated heterocycles. The molecule has 3 heteroatoms. The highest BCUT2D eigenvalue weighted by Crippen LogP contribution is 2.62. The van der Waals surface area contributed by atoms with Gasteiger partial charge in [-0.05, 0) is 36.0 Å². The number of rotatable bonds is 4. The molecule has 2 aliphatic carbocycles. The summed E-state index contributed by atoms with van der Waals surface area (Å²) in [7, 11) is 1.82. The average Bonchev–Trinajstić information content (AvgIpc) is 3.00.